The van der Waals surface area contributed by atoms with Gasteiger partial charge in [0.05, 0.1) is 0 Å². The topological polar surface area (TPSA) is 84.7 Å². The fraction of sp³-hybridized carbons (Fsp3) is 0.0400. The smallest absolute Gasteiger partial charge is 0.255 e. The molecule has 0 saturated carbocycles. The molecule has 0 fully saturated rings. The van der Waals surface area contributed by atoms with E-state index in [0.29, 0.717) is 22.9 Å². The minimum Gasteiger partial charge on any atom is -0.340 e. The second-order valence-electron chi connectivity index (χ2n) is 7.35. The predicted octanol–water partition coefficient (Wildman–Crippen LogP) is 5.12. The zero-order valence-electron chi connectivity index (χ0n) is 17.4. The number of amides is 1. The zero-order valence-corrected chi connectivity index (χ0v) is 17.4. The molecule has 5 rings (SSSR count). The Morgan fingerprint density at radius 1 is 0.875 bits per heavy atom. The second-order valence-corrected chi connectivity index (χ2v) is 7.35. The molecule has 1 amide bonds. The van der Waals surface area contributed by atoms with E-state index in [2.05, 4.69) is 25.6 Å². The standard InChI is InChI=1S/C25H20N6O/c1-17-27-23(15-24(28-17)31-13-12-26-16-31)29-21-8-10-22(11-9-21)30-25(32)20-7-6-18-4-2-3-5-19(18)14-20/h2-16H,1H3,(H,30,32)(H,27,28,29). The van der Waals surface area contributed by atoms with Crippen molar-refractivity contribution in [1.82, 2.24) is 19.5 Å². The largest absolute Gasteiger partial charge is 0.340 e. The van der Waals surface area contributed by atoms with Gasteiger partial charge in [-0.25, -0.2) is 15.0 Å². The highest BCUT2D eigenvalue weighted by Gasteiger charge is 2.08. The molecule has 2 heterocycles. The summed E-state index contributed by atoms with van der Waals surface area (Å²) < 4.78 is 1.82. The second kappa shape index (κ2) is 8.31. The third-order valence-electron chi connectivity index (χ3n) is 5.02. The Labute approximate surface area is 184 Å². The fourth-order valence-corrected chi connectivity index (χ4v) is 3.46. The highest BCUT2D eigenvalue weighted by atomic mass is 16.1. The quantitative estimate of drug-likeness (QED) is 0.412. The number of carbonyl (C=O) groups is 1. The number of hydrogen-bond acceptors (Lipinski definition) is 5. The third kappa shape index (κ3) is 4.17. The summed E-state index contributed by atoms with van der Waals surface area (Å²) in [6, 6.07) is 23.0. The van der Waals surface area contributed by atoms with Crippen LogP contribution in [0.1, 0.15) is 16.2 Å². The van der Waals surface area contributed by atoms with Crippen molar-refractivity contribution in [3.63, 3.8) is 0 Å². The van der Waals surface area contributed by atoms with Gasteiger partial charge in [0.15, 0.2) is 0 Å². The lowest BCUT2D eigenvalue weighted by molar-refractivity contribution is 0.102. The molecule has 0 spiro atoms. The van der Waals surface area contributed by atoms with E-state index in [-0.39, 0.29) is 5.91 Å². The molecular formula is C25H20N6O. The number of hydrogen-bond donors (Lipinski definition) is 2. The summed E-state index contributed by atoms with van der Waals surface area (Å²) >= 11 is 0. The molecule has 0 atom stereocenters. The van der Waals surface area contributed by atoms with Crippen molar-refractivity contribution in [2.75, 3.05) is 10.6 Å². The van der Waals surface area contributed by atoms with Gasteiger partial charge >= 0.3 is 0 Å². The Morgan fingerprint density at radius 3 is 2.44 bits per heavy atom. The summed E-state index contributed by atoms with van der Waals surface area (Å²) in [6.45, 7) is 1.84. The van der Waals surface area contributed by atoms with Crippen LogP contribution in [-0.2, 0) is 0 Å². The molecule has 5 aromatic rings. The van der Waals surface area contributed by atoms with E-state index in [1.54, 1.807) is 12.5 Å². The van der Waals surface area contributed by atoms with Gasteiger partial charge in [0.25, 0.3) is 5.91 Å². The SMILES string of the molecule is Cc1nc(Nc2ccc(NC(=O)c3ccc4ccccc4c3)cc2)cc(-n2ccnc2)n1. The van der Waals surface area contributed by atoms with Gasteiger partial charge in [0.1, 0.15) is 23.8 Å². The number of nitrogens with one attached hydrogen (secondary N) is 2. The molecule has 0 aliphatic rings. The van der Waals surface area contributed by atoms with Crippen LogP contribution in [0.25, 0.3) is 16.6 Å². The molecule has 3 aromatic carbocycles. The number of rotatable bonds is 5. The maximum atomic E-state index is 12.7. The number of imidazole rings is 1. The van der Waals surface area contributed by atoms with Crippen LogP contribution in [0.3, 0.4) is 0 Å². The number of benzene rings is 3. The van der Waals surface area contributed by atoms with Gasteiger partial charge in [-0.3, -0.25) is 9.36 Å². The summed E-state index contributed by atoms with van der Waals surface area (Å²) in [5.41, 5.74) is 2.18. The van der Waals surface area contributed by atoms with E-state index in [0.717, 1.165) is 22.3 Å². The normalized spacial score (nSPS) is 10.8. The molecule has 2 N–H and O–H groups in total. The minimum atomic E-state index is -0.145. The van der Waals surface area contributed by atoms with Gasteiger partial charge in [-0.15, -0.1) is 0 Å². The molecule has 7 heteroatoms. The maximum Gasteiger partial charge on any atom is 0.255 e. The molecule has 0 aliphatic carbocycles. The number of aromatic nitrogens is 4. The predicted molar refractivity (Wildman–Crippen MR) is 126 cm³/mol. The van der Waals surface area contributed by atoms with Gasteiger partial charge in [0.2, 0.25) is 0 Å². The van der Waals surface area contributed by atoms with Crippen LogP contribution in [0, 0.1) is 6.92 Å². The number of nitrogens with zero attached hydrogens (tertiary/aromatic N) is 4. The Kier molecular flexibility index (Phi) is 5.05. The number of fused-ring (bicyclic) bond motifs is 1. The summed E-state index contributed by atoms with van der Waals surface area (Å²) in [6.07, 6.45) is 5.23. The third-order valence-corrected chi connectivity index (χ3v) is 5.02. The molecule has 0 radical (unpaired) electrons. The molecule has 0 bridgehead atoms. The summed E-state index contributed by atoms with van der Waals surface area (Å²) in [4.78, 5) is 25.6. The summed E-state index contributed by atoms with van der Waals surface area (Å²) in [5.74, 6) is 1.91. The Hall–Kier alpha value is -4.52. The van der Waals surface area contributed by atoms with E-state index in [9.17, 15) is 4.79 Å². The van der Waals surface area contributed by atoms with E-state index in [1.165, 1.54) is 0 Å². The van der Waals surface area contributed by atoms with Gasteiger partial charge in [-0.1, -0.05) is 30.3 Å². The fourth-order valence-electron chi connectivity index (χ4n) is 3.46. The van der Waals surface area contributed by atoms with Crippen molar-refractivity contribution in [3.8, 4) is 5.82 Å². The van der Waals surface area contributed by atoms with Crippen molar-refractivity contribution in [3.05, 3.63) is 103 Å². The first kappa shape index (κ1) is 19.4. The summed E-state index contributed by atoms with van der Waals surface area (Å²) in [5, 5.41) is 8.37. The Morgan fingerprint density at radius 2 is 1.66 bits per heavy atom. The molecular weight excluding hydrogens is 400 g/mol. The molecule has 2 aromatic heterocycles. The first-order chi connectivity index (χ1) is 15.6. The average Bonchev–Trinajstić information content (AvgIpc) is 3.35. The van der Waals surface area contributed by atoms with E-state index in [4.69, 9.17) is 0 Å². The van der Waals surface area contributed by atoms with Crippen molar-refractivity contribution in [2.45, 2.75) is 6.92 Å². The maximum absolute atomic E-state index is 12.7. The van der Waals surface area contributed by atoms with Gasteiger partial charge in [-0.05, 0) is 54.1 Å². The van der Waals surface area contributed by atoms with Crippen LogP contribution in [0.2, 0.25) is 0 Å². The van der Waals surface area contributed by atoms with Gasteiger partial charge in [-0.2, -0.15) is 0 Å². The van der Waals surface area contributed by atoms with Crippen LogP contribution in [0.4, 0.5) is 17.2 Å². The minimum absolute atomic E-state index is 0.145. The lowest BCUT2D eigenvalue weighted by atomic mass is 10.1. The molecule has 32 heavy (non-hydrogen) atoms. The number of carbonyl (C=O) groups excluding carboxylic acids is 1. The van der Waals surface area contributed by atoms with Crippen molar-refractivity contribution in [2.24, 2.45) is 0 Å². The van der Waals surface area contributed by atoms with Crippen LogP contribution in [0.5, 0.6) is 0 Å². The number of anilines is 3. The van der Waals surface area contributed by atoms with Crippen LogP contribution < -0.4 is 10.6 Å². The molecule has 0 aliphatic heterocycles. The average molecular weight is 420 g/mol. The number of aryl methyl sites for hydroxylation is 1. The lowest BCUT2D eigenvalue weighted by Crippen LogP contribution is -2.11. The Bertz CT molecular complexity index is 1390. The van der Waals surface area contributed by atoms with E-state index < -0.39 is 0 Å². The van der Waals surface area contributed by atoms with Crippen molar-refractivity contribution < 1.29 is 4.79 Å². The van der Waals surface area contributed by atoms with Crippen molar-refractivity contribution >= 4 is 33.9 Å². The molecule has 0 saturated heterocycles. The van der Waals surface area contributed by atoms with Crippen molar-refractivity contribution in [1.29, 1.82) is 0 Å². The van der Waals surface area contributed by atoms with Crippen LogP contribution in [-0.4, -0.2) is 25.4 Å². The van der Waals surface area contributed by atoms with E-state index >= 15 is 0 Å². The monoisotopic (exact) mass is 420 g/mol. The first-order valence-corrected chi connectivity index (χ1v) is 10.2. The zero-order chi connectivity index (χ0) is 21.9. The van der Waals surface area contributed by atoms with E-state index in [1.807, 2.05) is 90.5 Å². The van der Waals surface area contributed by atoms with Crippen LogP contribution in [0.15, 0.2) is 91.5 Å². The van der Waals surface area contributed by atoms with Crippen LogP contribution >= 0.6 is 0 Å². The first-order valence-electron chi connectivity index (χ1n) is 10.2. The molecule has 7 nitrogen and oxygen atoms in total. The lowest BCUT2D eigenvalue weighted by Gasteiger charge is -2.10. The Balaban J connectivity index is 1.29. The van der Waals surface area contributed by atoms with Gasteiger partial charge in [0, 0.05) is 35.4 Å². The molecule has 0 unspecified atom stereocenters. The summed E-state index contributed by atoms with van der Waals surface area (Å²) in [7, 11) is 0. The van der Waals surface area contributed by atoms with Gasteiger partial charge < -0.3 is 10.6 Å². The molecule has 156 valence electrons. The highest BCUT2D eigenvalue weighted by molar-refractivity contribution is 6.06. The highest BCUT2D eigenvalue weighted by Crippen LogP contribution is 2.21.